The molecule has 1 aliphatic heterocycles. The summed E-state index contributed by atoms with van der Waals surface area (Å²) in [6.07, 6.45) is -3.07. The standard InChI is InChI=1S/C13H12F3N3OS/c14-13(15,16)8-21(20)12-17-11-7-6-10(19(11)18-12)9-4-2-1-3-5-9/h1-5,10H,6-8H2. The molecule has 0 fully saturated rings. The molecule has 2 aromatic rings. The molecule has 0 radical (unpaired) electrons. The van der Waals surface area contributed by atoms with Crippen molar-refractivity contribution in [3.63, 3.8) is 0 Å². The smallest absolute Gasteiger partial charge is 0.251 e. The maximum Gasteiger partial charge on any atom is 0.400 e. The lowest BCUT2D eigenvalue weighted by molar-refractivity contribution is -0.105. The molecule has 0 bridgehead atoms. The third-order valence-electron chi connectivity index (χ3n) is 3.30. The minimum atomic E-state index is -4.49. The second-order valence-electron chi connectivity index (χ2n) is 4.83. The number of hydrogen-bond acceptors (Lipinski definition) is 3. The zero-order valence-electron chi connectivity index (χ0n) is 10.9. The van der Waals surface area contributed by atoms with Crippen molar-refractivity contribution >= 4 is 10.8 Å². The molecule has 0 spiro atoms. The molecule has 0 saturated carbocycles. The van der Waals surface area contributed by atoms with Crippen molar-refractivity contribution in [3.8, 4) is 0 Å². The van der Waals surface area contributed by atoms with E-state index >= 15 is 0 Å². The summed E-state index contributed by atoms with van der Waals surface area (Å²) in [6.45, 7) is 0. The van der Waals surface area contributed by atoms with Crippen LogP contribution in [-0.2, 0) is 17.2 Å². The molecule has 2 unspecified atom stereocenters. The largest absolute Gasteiger partial charge is 0.400 e. The van der Waals surface area contributed by atoms with Gasteiger partial charge >= 0.3 is 6.18 Å². The van der Waals surface area contributed by atoms with Gasteiger partial charge in [-0.25, -0.2) is 9.67 Å². The van der Waals surface area contributed by atoms with Crippen molar-refractivity contribution in [2.24, 2.45) is 0 Å². The van der Waals surface area contributed by atoms with Crippen LogP contribution in [0.15, 0.2) is 35.5 Å². The highest BCUT2D eigenvalue weighted by Gasteiger charge is 2.34. The fourth-order valence-electron chi connectivity index (χ4n) is 2.43. The van der Waals surface area contributed by atoms with E-state index in [1.807, 2.05) is 30.3 Å². The predicted molar refractivity (Wildman–Crippen MR) is 70.3 cm³/mol. The Morgan fingerprint density at radius 2 is 2.00 bits per heavy atom. The summed E-state index contributed by atoms with van der Waals surface area (Å²) >= 11 is 0. The average Bonchev–Trinajstić information content (AvgIpc) is 2.97. The minimum Gasteiger partial charge on any atom is -0.251 e. The van der Waals surface area contributed by atoms with Gasteiger partial charge in [0.05, 0.1) is 6.04 Å². The summed E-state index contributed by atoms with van der Waals surface area (Å²) in [5.41, 5.74) is 1.02. The van der Waals surface area contributed by atoms with Crippen molar-refractivity contribution in [3.05, 3.63) is 41.7 Å². The Morgan fingerprint density at radius 3 is 2.67 bits per heavy atom. The van der Waals surface area contributed by atoms with Crippen molar-refractivity contribution in [1.29, 1.82) is 0 Å². The number of rotatable bonds is 3. The van der Waals surface area contributed by atoms with Crippen LogP contribution in [0.25, 0.3) is 0 Å². The molecule has 112 valence electrons. The van der Waals surface area contributed by atoms with Crippen LogP contribution < -0.4 is 0 Å². The molecule has 1 aromatic carbocycles. The Kier molecular flexibility index (Phi) is 3.56. The van der Waals surface area contributed by atoms with E-state index in [-0.39, 0.29) is 11.2 Å². The molecule has 2 atom stereocenters. The highest BCUT2D eigenvalue weighted by Crippen LogP contribution is 2.30. The molecule has 8 heteroatoms. The Morgan fingerprint density at radius 1 is 1.29 bits per heavy atom. The number of benzene rings is 1. The lowest BCUT2D eigenvalue weighted by Crippen LogP contribution is -2.19. The maximum atomic E-state index is 12.3. The van der Waals surface area contributed by atoms with Gasteiger partial charge in [0.2, 0.25) is 5.16 Å². The topological polar surface area (TPSA) is 47.8 Å². The van der Waals surface area contributed by atoms with E-state index in [1.54, 1.807) is 4.68 Å². The molecular formula is C13H12F3N3OS. The quantitative estimate of drug-likeness (QED) is 0.874. The second kappa shape index (κ2) is 5.25. The van der Waals surface area contributed by atoms with Crippen LogP contribution in [0, 0.1) is 0 Å². The lowest BCUT2D eigenvalue weighted by Gasteiger charge is -2.11. The number of fused-ring (bicyclic) bond motifs is 1. The molecule has 1 aliphatic rings. The van der Waals surface area contributed by atoms with E-state index < -0.39 is 22.7 Å². The monoisotopic (exact) mass is 315 g/mol. The fourth-order valence-corrected chi connectivity index (χ4v) is 3.25. The molecule has 0 aliphatic carbocycles. The number of hydrogen-bond donors (Lipinski definition) is 0. The average molecular weight is 315 g/mol. The van der Waals surface area contributed by atoms with Crippen LogP contribution >= 0.6 is 0 Å². The van der Waals surface area contributed by atoms with Crippen LogP contribution in [0.5, 0.6) is 0 Å². The number of aromatic nitrogens is 3. The first-order chi connectivity index (χ1) is 9.94. The summed E-state index contributed by atoms with van der Waals surface area (Å²) in [4.78, 5) is 4.00. The molecule has 0 saturated heterocycles. The van der Waals surface area contributed by atoms with Crippen LogP contribution in [0.4, 0.5) is 13.2 Å². The van der Waals surface area contributed by atoms with Gasteiger partial charge in [0.15, 0.2) is 0 Å². The van der Waals surface area contributed by atoms with Gasteiger partial charge in [0.1, 0.15) is 22.4 Å². The van der Waals surface area contributed by atoms with E-state index in [0.717, 1.165) is 12.0 Å². The third-order valence-corrected chi connectivity index (χ3v) is 4.47. The van der Waals surface area contributed by atoms with Gasteiger partial charge < -0.3 is 0 Å². The highest BCUT2D eigenvalue weighted by atomic mass is 32.2. The number of halogens is 3. The van der Waals surface area contributed by atoms with Gasteiger partial charge in [-0.2, -0.15) is 13.2 Å². The van der Waals surface area contributed by atoms with Gasteiger partial charge in [-0.3, -0.25) is 4.21 Å². The van der Waals surface area contributed by atoms with Crippen LogP contribution in [0.2, 0.25) is 0 Å². The van der Waals surface area contributed by atoms with E-state index in [0.29, 0.717) is 12.2 Å². The predicted octanol–water partition coefficient (Wildman–Crippen LogP) is 2.48. The molecule has 2 heterocycles. The van der Waals surface area contributed by atoms with Gasteiger partial charge in [-0.15, -0.1) is 5.10 Å². The zero-order chi connectivity index (χ0) is 15.0. The van der Waals surface area contributed by atoms with Gasteiger partial charge in [-0.1, -0.05) is 30.3 Å². The second-order valence-corrected chi connectivity index (χ2v) is 6.17. The lowest BCUT2D eigenvalue weighted by atomic mass is 10.1. The van der Waals surface area contributed by atoms with Crippen molar-refractivity contribution < 1.29 is 17.4 Å². The minimum absolute atomic E-state index is 0.0506. The van der Waals surface area contributed by atoms with Crippen LogP contribution in [0.1, 0.15) is 23.9 Å². The first-order valence-electron chi connectivity index (χ1n) is 6.39. The first-order valence-corrected chi connectivity index (χ1v) is 7.71. The van der Waals surface area contributed by atoms with Crippen LogP contribution in [-0.4, -0.2) is 30.9 Å². The molecule has 0 N–H and O–H groups in total. The fraction of sp³-hybridized carbons (Fsp3) is 0.385. The highest BCUT2D eigenvalue weighted by molar-refractivity contribution is 7.84. The van der Waals surface area contributed by atoms with Crippen LogP contribution in [0.3, 0.4) is 0 Å². The van der Waals surface area contributed by atoms with Gasteiger partial charge in [0, 0.05) is 6.42 Å². The molecule has 1 aromatic heterocycles. The molecular weight excluding hydrogens is 303 g/mol. The Labute approximate surface area is 121 Å². The summed E-state index contributed by atoms with van der Waals surface area (Å²) in [6, 6.07) is 9.51. The number of aryl methyl sites for hydroxylation is 1. The van der Waals surface area contributed by atoms with Gasteiger partial charge in [0.25, 0.3) is 0 Å². The summed E-state index contributed by atoms with van der Waals surface area (Å²) in [5, 5.41) is 3.80. The maximum absolute atomic E-state index is 12.3. The van der Waals surface area contributed by atoms with E-state index in [4.69, 9.17) is 0 Å². The van der Waals surface area contributed by atoms with Crippen molar-refractivity contribution in [2.75, 3.05) is 5.75 Å². The number of alkyl halides is 3. The normalized spacial score (nSPS) is 19.5. The Bertz CT molecular complexity index is 669. The van der Waals surface area contributed by atoms with Crippen molar-refractivity contribution in [1.82, 2.24) is 14.8 Å². The Hall–Kier alpha value is -1.70. The third kappa shape index (κ3) is 2.99. The molecule has 3 rings (SSSR count). The number of nitrogens with zero attached hydrogens (tertiary/aromatic N) is 3. The Balaban J connectivity index is 1.86. The SMILES string of the molecule is O=S(CC(F)(F)F)c1nc2n(n1)C(c1ccccc1)CC2. The molecule has 21 heavy (non-hydrogen) atoms. The molecule has 4 nitrogen and oxygen atoms in total. The zero-order valence-corrected chi connectivity index (χ0v) is 11.7. The van der Waals surface area contributed by atoms with E-state index in [1.165, 1.54) is 0 Å². The summed E-state index contributed by atoms with van der Waals surface area (Å²) in [5.74, 6) is -0.818. The molecule has 0 amide bonds. The van der Waals surface area contributed by atoms with E-state index in [9.17, 15) is 17.4 Å². The first kappa shape index (κ1) is 14.2. The van der Waals surface area contributed by atoms with Gasteiger partial charge in [-0.05, 0) is 12.0 Å². The van der Waals surface area contributed by atoms with Crippen molar-refractivity contribution in [2.45, 2.75) is 30.2 Å². The summed E-state index contributed by atoms with van der Waals surface area (Å²) in [7, 11) is -2.25. The van der Waals surface area contributed by atoms with E-state index in [2.05, 4.69) is 10.1 Å². The summed E-state index contributed by atoms with van der Waals surface area (Å²) < 4.78 is 50.1.